The van der Waals surface area contributed by atoms with Crippen molar-refractivity contribution in [2.45, 2.75) is 37.4 Å². The summed E-state index contributed by atoms with van der Waals surface area (Å²) in [5.41, 5.74) is 2.74. The Morgan fingerprint density at radius 3 is 2.57 bits per heavy atom. The largest absolute Gasteiger partial charge is 0.481 e. The second-order valence-corrected chi connectivity index (χ2v) is 7.75. The van der Waals surface area contributed by atoms with Crippen molar-refractivity contribution in [3.63, 3.8) is 0 Å². The number of hydrogen-bond acceptors (Lipinski definition) is 3. The first-order valence-corrected chi connectivity index (χ1v) is 9.40. The molecule has 1 aromatic rings. The second-order valence-electron chi connectivity index (χ2n) is 6.44. The molecule has 1 aliphatic carbocycles. The number of benzene rings is 1. The SMILES string of the molecule is O=C(O)C1CCC(C(=O)NCC2SCCc3ccccc32)CC1. The fourth-order valence-electron chi connectivity index (χ4n) is 3.59. The molecule has 5 heteroatoms. The zero-order chi connectivity index (χ0) is 16.2. The van der Waals surface area contributed by atoms with Gasteiger partial charge in [0.25, 0.3) is 0 Å². The summed E-state index contributed by atoms with van der Waals surface area (Å²) < 4.78 is 0. The predicted octanol–water partition coefficient (Wildman–Crippen LogP) is 3.02. The maximum atomic E-state index is 12.4. The van der Waals surface area contributed by atoms with Gasteiger partial charge in [-0.25, -0.2) is 0 Å². The molecule has 1 heterocycles. The van der Waals surface area contributed by atoms with Gasteiger partial charge in [-0.05, 0) is 49.0 Å². The molecule has 23 heavy (non-hydrogen) atoms. The minimum absolute atomic E-state index is 0.0190. The van der Waals surface area contributed by atoms with E-state index in [0.29, 0.717) is 37.5 Å². The maximum absolute atomic E-state index is 12.4. The third-order valence-electron chi connectivity index (χ3n) is 5.00. The molecule has 0 radical (unpaired) electrons. The summed E-state index contributed by atoms with van der Waals surface area (Å²) in [5.74, 6) is 0.187. The van der Waals surface area contributed by atoms with Gasteiger partial charge in [-0.1, -0.05) is 24.3 Å². The molecular formula is C18H23NO3S. The molecule has 1 aromatic carbocycles. The Labute approximate surface area is 141 Å². The van der Waals surface area contributed by atoms with E-state index in [-0.39, 0.29) is 17.7 Å². The molecule has 0 bridgehead atoms. The molecule has 1 saturated carbocycles. The van der Waals surface area contributed by atoms with Crippen LogP contribution in [0.1, 0.15) is 42.1 Å². The highest BCUT2D eigenvalue weighted by atomic mass is 32.2. The average Bonchev–Trinajstić information content (AvgIpc) is 2.59. The Bertz CT molecular complexity index is 581. The molecular weight excluding hydrogens is 310 g/mol. The van der Waals surface area contributed by atoms with Gasteiger partial charge in [-0.3, -0.25) is 9.59 Å². The summed E-state index contributed by atoms with van der Waals surface area (Å²) >= 11 is 1.91. The minimum atomic E-state index is -0.723. The van der Waals surface area contributed by atoms with E-state index >= 15 is 0 Å². The Hall–Kier alpha value is -1.49. The quantitative estimate of drug-likeness (QED) is 0.889. The number of fused-ring (bicyclic) bond motifs is 1. The topological polar surface area (TPSA) is 66.4 Å². The molecule has 1 fully saturated rings. The highest BCUT2D eigenvalue weighted by Crippen LogP contribution is 2.36. The molecule has 1 aliphatic heterocycles. The lowest BCUT2D eigenvalue weighted by atomic mass is 9.81. The van der Waals surface area contributed by atoms with Crippen LogP contribution in [0.5, 0.6) is 0 Å². The van der Waals surface area contributed by atoms with Crippen LogP contribution in [-0.2, 0) is 16.0 Å². The van der Waals surface area contributed by atoms with Crippen molar-refractivity contribution in [3.8, 4) is 0 Å². The van der Waals surface area contributed by atoms with Crippen LogP contribution in [0.15, 0.2) is 24.3 Å². The first-order valence-electron chi connectivity index (χ1n) is 8.35. The third-order valence-corrected chi connectivity index (χ3v) is 6.26. The number of aliphatic carboxylic acids is 1. The Morgan fingerprint density at radius 2 is 1.83 bits per heavy atom. The van der Waals surface area contributed by atoms with Crippen molar-refractivity contribution < 1.29 is 14.7 Å². The summed E-state index contributed by atoms with van der Waals surface area (Å²) in [7, 11) is 0. The van der Waals surface area contributed by atoms with Crippen molar-refractivity contribution in [2.24, 2.45) is 11.8 Å². The number of hydrogen-bond donors (Lipinski definition) is 2. The summed E-state index contributed by atoms with van der Waals surface area (Å²) in [6.45, 7) is 0.666. The number of nitrogens with one attached hydrogen (secondary N) is 1. The van der Waals surface area contributed by atoms with Gasteiger partial charge < -0.3 is 10.4 Å². The van der Waals surface area contributed by atoms with Gasteiger partial charge in [0.1, 0.15) is 0 Å². The van der Waals surface area contributed by atoms with Crippen molar-refractivity contribution in [2.75, 3.05) is 12.3 Å². The number of aryl methyl sites for hydroxylation is 1. The monoisotopic (exact) mass is 333 g/mol. The molecule has 2 N–H and O–H groups in total. The first kappa shape index (κ1) is 16.4. The van der Waals surface area contributed by atoms with Crippen LogP contribution >= 0.6 is 11.8 Å². The summed E-state index contributed by atoms with van der Waals surface area (Å²) in [6, 6.07) is 8.48. The summed E-state index contributed by atoms with van der Waals surface area (Å²) in [4.78, 5) is 23.3. The molecule has 2 aliphatic rings. The lowest BCUT2D eigenvalue weighted by molar-refractivity contribution is -0.144. The fraction of sp³-hybridized carbons (Fsp3) is 0.556. The first-order chi connectivity index (χ1) is 11.1. The highest BCUT2D eigenvalue weighted by Gasteiger charge is 2.30. The standard InChI is InChI=1S/C18H23NO3S/c20-17(13-5-7-14(8-6-13)18(21)22)19-11-16-15-4-2-1-3-12(15)9-10-23-16/h1-4,13-14,16H,5-11H2,(H,19,20)(H,21,22). The van der Waals surface area contributed by atoms with Crippen LogP contribution in [0.3, 0.4) is 0 Å². The molecule has 1 unspecified atom stereocenters. The zero-order valence-electron chi connectivity index (χ0n) is 13.2. The van der Waals surface area contributed by atoms with Crippen LogP contribution in [-0.4, -0.2) is 29.3 Å². The van der Waals surface area contributed by atoms with Crippen molar-refractivity contribution >= 4 is 23.6 Å². The molecule has 1 amide bonds. The van der Waals surface area contributed by atoms with E-state index in [4.69, 9.17) is 5.11 Å². The minimum Gasteiger partial charge on any atom is -0.481 e. The zero-order valence-corrected chi connectivity index (χ0v) is 14.0. The predicted molar refractivity (Wildman–Crippen MR) is 91.4 cm³/mol. The number of carboxylic acid groups (broad SMARTS) is 1. The number of carboxylic acids is 1. The number of rotatable bonds is 4. The van der Waals surface area contributed by atoms with E-state index in [1.54, 1.807) is 0 Å². The van der Waals surface area contributed by atoms with Crippen LogP contribution in [0.25, 0.3) is 0 Å². The second kappa shape index (κ2) is 7.39. The number of thioether (sulfide) groups is 1. The van der Waals surface area contributed by atoms with Gasteiger partial charge >= 0.3 is 5.97 Å². The third kappa shape index (κ3) is 3.89. The molecule has 124 valence electrons. The normalized spacial score (nSPS) is 27.0. The van der Waals surface area contributed by atoms with Crippen LogP contribution in [0.4, 0.5) is 0 Å². The lowest BCUT2D eigenvalue weighted by Crippen LogP contribution is -2.36. The van der Waals surface area contributed by atoms with Crippen LogP contribution in [0, 0.1) is 11.8 Å². The molecule has 0 saturated heterocycles. The van der Waals surface area contributed by atoms with E-state index in [0.717, 1.165) is 12.2 Å². The smallest absolute Gasteiger partial charge is 0.306 e. The van der Waals surface area contributed by atoms with Gasteiger partial charge in [0.05, 0.1) is 5.92 Å². The summed E-state index contributed by atoms with van der Waals surface area (Å²) in [6.07, 6.45) is 3.72. The van der Waals surface area contributed by atoms with E-state index < -0.39 is 5.97 Å². The van der Waals surface area contributed by atoms with E-state index in [1.807, 2.05) is 11.8 Å². The van der Waals surface area contributed by atoms with E-state index in [1.165, 1.54) is 11.1 Å². The molecule has 4 nitrogen and oxygen atoms in total. The Balaban J connectivity index is 1.51. The Morgan fingerprint density at radius 1 is 1.13 bits per heavy atom. The highest BCUT2D eigenvalue weighted by molar-refractivity contribution is 7.99. The summed E-state index contributed by atoms with van der Waals surface area (Å²) in [5, 5.41) is 12.5. The number of carbonyl (C=O) groups is 2. The van der Waals surface area contributed by atoms with E-state index in [2.05, 4.69) is 29.6 Å². The van der Waals surface area contributed by atoms with Gasteiger partial charge in [0.2, 0.25) is 5.91 Å². The fourth-order valence-corrected chi connectivity index (χ4v) is 4.82. The molecule has 0 aromatic heterocycles. The van der Waals surface area contributed by atoms with E-state index in [9.17, 15) is 9.59 Å². The molecule has 3 rings (SSSR count). The molecule has 1 atom stereocenters. The van der Waals surface area contributed by atoms with Crippen molar-refractivity contribution in [1.82, 2.24) is 5.32 Å². The van der Waals surface area contributed by atoms with Gasteiger partial charge in [0, 0.05) is 17.7 Å². The lowest BCUT2D eigenvalue weighted by Gasteiger charge is -2.28. The number of amides is 1. The van der Waals surface area contributed by atoms with Crippen LogP contribution < -0.4 is 5.32 Å². The average molecular weight is 333 g/mol. The van der Waals surface area contributed by atoms with Gasteiger partial charge in [-0.2, -0.15) is 11.8 Å². The van der Waals surface area contributed by atoms with Crippen molar-refractivity contribution in [3.05, 3.63) is 35.4 Å². The van der Waals surface area contributed by atoms with Gasteiger partial charge in [0.15, 0.2) is 0 Å². The van der Waals surface area contributed by atoms with Gasteiger partial charge in [-0.15, -0.1) is 0 Å². The Kier molecular flexibility index (Phi) is 5.26. The number of carbonyl (C=O) groups excluding carboxylic acids is 1. The molecule has 0 spiro atoms. The van der Waals surface area contributed by atoms with Crippen molar-refractivity contribution in [1.29, 1.82) is 0 Å². The van der Waals surface area contributed by atoms with Crippen LogP contribution in [0.2, 0.25) is 0 Å². The maximum Gasteiger partial charge on any atom is 0.306 e.